The molecule has 2 aliphatic carbocycles. The second-order valence-corrected chi connectivity index (χ2v) is 20.0. The molecule has 14 heteroatoms. The summed E-state index contributed by atoms with van der Waals surface area (Å²) in [6, 6.07) is 7.83. The van der Waals surface area contributed by atoms with Crippen molar-refractivity contribution in [1.82, 2.24) is 9.88 Å². The highest BCUT2D eigenvalue weighted by atomic mass is 35.5. The Balaban J connectivity index is 0.815. The SMILES string of the molecule is C[C@@H]1CCC2[C@@H](C)[C@@H](OCCN(CCNc3ccnc4cc(Cl)ccc34)CCO[C@H]3O[C@@H]4O[C@]5(C)CCC6[C@H](C)CCC([C@H]3C)[C@@]64OO5)O[C@@H]3O[C@]4(C)CCC1[C@@]23OO4. The van der Waals surface area contributed by atoms with Crippen molar-refractivity contribution in [3.8, 4) is 0 Å². The minimum absolute atomic E-state index is 0.108. The molecule has 0 amide bonds. The molecule has 2 aromatic rings. The van der Waals surface area contributed by atoms with Crippen LogP contribution in [0.3, 0.4) is 0 Å². The molecule has 4 unspecified atom stereocenters. The van der Waals surface area contributed by atoms with Gasteiger partial charge in [-0.1, -0.05) is 39.3 Å². The fourth-order valence-corrected chi connectivity index (χ4v) is 12.8. The number of aromatic nitrogens is 1. The van der Waals surface area contributed by atoms with Crippen LogP contribution in [0, 0.1) is 47.3 Å². The van der Waals surface area contributed by atoms with Crippen LogP contribution in [0.5, 0.6) is 0 Å². The fraction of sp³-hybridized carbons (Fsp3) is 0.800. The maximum atomic E-state index is 6.75. The van der Waals surface area contributed by atoms with E-state index in [9.17, 15) is 0 Å². The lowest BCUT2D eigenvalue weighted by Crippen LogP contribution is -2.70. The summed E-state index contributed by atoms with van der Waals surface area (Å²) in [7, 11) is 0. The molecule has 10 aliphatic rings. The summed E-state index contributed by atoms with van der Waals surface area (Å²) in [5.41, 5.74) is 0.653. The number of hydrogen-bond donors (Lipinski definition) is 1. The van der Waals surface area contributed by atoms with E-state index >= 15 is 0 Å². The van der Waals surface area contributed by atoms with Crippen molar-refractivity contribution in [1.29, 1.82) is 0 Å². The van der Waals surface area contributed by atoms with Gasteiger partial charge in [0, 0.05) is 85.0 Å². The van der Waals surface area contributed by atoms with Crippen molar-refractivity contribution in [2.75, 3.05) is 44.7 Å². The topological polar surface area (TPSA) is 120 Å². The summed E-state index contributed by atoms with van der Waals surface area (Å²) in [6.07, 6.45) is 7.84. The number of nitrogens with zero attached hydrogens (tertiary/aromatic N) is 2. The van der Waals surface area contributed by atoms with Gasteiger partial charge in [0.15, 0.2) is 36.4 Å². The molecule has 59 heavy (non-hydrogen) atoms. The van der Waals surface area contributed by atoms with Gasteiger partial charge in [-0.2, -0.15) is 0 Å². The van der Waals surface area contributed by atoms with Gasteiger partial charge in [0.1, 0.15) is 0 Å². The number of anilines is 1. The van der Waals surface area contributed by atoms with E-state index in [0.29, 0.717) is 61.5 Å². The van der Waals surface area contributed by atoms with Crippen LogP contribution in [0.4, 0.5) is 5.69 Å². The smallest absolute Gasteiger partial charge is 0.201 e. The van der Waals surface area contributed by atoms with Crippen molar-refractivity contribution in [2.24, 2.45) is 47.3 Å². The number of fused-ring (bicyclic) bond motifs is 5. The Morgan fingerprint density at radius 2 is 1.27 bits per heavy atom. The average molecular weight is 842 g/mol. The Morgan fingerprint density at radius 3 is 1.83 bits per heavy atom. The highest BCUT2D eigenvalue weighted by molar-refractivity contribution is 6.31. The lowest BCUT2D eigenvalue weighted by molar-refractivity contribution is -0.577. The lowest BCUT2D eigenvalue weighted by atomic mass is 9.58. The van der Waals surface area contributed by atoms with Gasteiger partial charge < -0.3 is 33.7 Å². The first-order valence-corrected chi connectivity index (χ1v) is 22.9. The monoisotopic (exact) mass is 841 g/mol. The van der Waals surface area contributed by atoms with E-state index in [0.717, 1.165) is 74.5 Å². The normalized spacial score (nSPS) is 46.1. The third-order valence-electron chi connectivity index (χ3n) is 16.0. The molecular formula is C45H64ClN3O10. The first-order valence-electron chi connectivity index (χ1n) is 22.6. The predicted molar refractivity (Wildman–Crippen MR) is 217 cm³/mol. The Morgan fingerprint density at radius 1 is 0.712 bits per heavy atom. The summed E-state index contributed by atoms with van der Waals surface area (Å²) < 4.78 is 40.1. The second-order valence-electron chi connectivity index (χ2n) is 19.6. The third-order valence-corrected chi connectivity index (χ3v) is 16.3. The Labute approximate surface area is 353 Å². The molecule has 1 aromatic carbocycles. The summed E-state index contributed by atoms with van der Waals surface area (Å²) in [5.74, 6) is 0.632. The number of halogens is 1. The minimum Gasteiger partial charge on any atom is -0.383 e. The highest BCUT2D eigenvalue weighted by Gasteiger charge is 2.71. The first-order chi connectivity index (χ1) is 28.4. The fourth-order valence-electron chi connectivity index (χ4n) is 12.7. The number of pyridine rings is 1. The van der Waals surface area contributed by atoms with Crippen LogP contribution in [0.2, 0.25) is 5.02 Å². The zero-order valence-electron chi connectivity index (χ0n) is 35.6. The average Bonchev–Trinajstić information content (AvgIpc) is 3.59. The van der Waals surface area contributed by atoms with Crippen LogP contribution in [-0.4, -0.2) is 97.2 Å². The summed E-state index contributed by atoms with van der Waals surface area (Å²) in [5, 5.41) is 5.36. The van der Waals surface area contributed by atoms with Gasteiger partial charge in [-0.25, -0.2) is 19.6 Å². The van der Waals surface area contributed by atoms with E-state index in [1.807, 2.05) is 44.3 Å². The van der Waals surface area contributed by atoms with Crippen molar-refractivity contribution in [3.63, 3.8) is 0 Å². The molecule has 0 radical (unpaired) electrons. The van der Waals surface area contributed by atoms with Crippen molar-refractivity contribution >= 4 is 28.2 Å². The number of benzene rings is 1. The molecule has 1 N–H and O–H groups in total. The largest absolute Gasteiger partial charge is 0.383 e. The zero-order valence-corrected chi connectivity index (χ0v) is 36.3. The third kappa shape index (κ3) is 7.06. The molecule has 326 valence electrons. The Kier molecular flexibility index (Phi) is 11.1. The van der Waals surface area contributed by atoms with Crippen molar-refractivity contribution in [2.45, 2.75) is 141 Å². The number of rotatable bonds is 12. The first kappa shape index (κ1) is 41.3. The molecule has 2 spiro atoms. The van der Waals surface area contributed by atoms with Gasteiger partial charge in [-0.3, -0.25) is 9.88 Å². The molecule has 16 atom stereocenters. The molecule has 8 saturated heterocycles. The zero-order chi connectivity index (χ0) is 40.7. The van der Waals surface area contributed by atoms with Gasteiger partial charge in [-0.05, 0) is 100 Å². The van der Waals surface area contributed by atoms with Crippen LogP contribution < -0.4 is 5.32 Å². The maximum Gasteiger partial charge on any atom is 0.201 e. The van der Waals surface area contributed by atoms with E-state index in [4.69, 9.17) is 59.6 Å². The minimum atomic E-state index is -0.823. The van der Waals surface area contributed by atoms with Gasteiger partial charge in [0.05, 0.1) is 18.7 Å². The molecule has 1 aromatic heterocycles. The number of hydrogen-bond acceptors (Lipinski definition) is 13. The van der Waals surface area contributed by atoms with E-state index < -0.39 is 47.9 Å². The Bertz CT molecular complexity index is 1760. The number of ether oxygens (including phenoxy) is 6. The van der Waals surface area contributed by atoms with Gasteiger partial charge in [-0.15, -0.1) is 0 Å². The van der Waals surface area contributed by atoms with Crippen molar-refractivity contribution < 1.29 is 48.0 Å². The van der Waals surface area contributed by atoms with Crippen LogP contribution in [0.1, 0.15) is 92.9 Å². The summed E-state index contributed by atoms with van der Waals surface area (Å²) in [6.45, 7) is 16.9. The van der Waals surface area contributed by atoms with E-state index in [1.54, 1.807) is 0 Å². The van der Waals surface area contributed by atoms with Gasteiger partial charge in [0.25, 0.3) is 0 Å². The lowest BCUT2D eigenvalue weighted by Gasteiger charge is -2.60. The molecule has 9 heterocycles. The Hall–Kier alpha value is -1.72. The molecule has 10 fully saturated rings. The predicted octanol–water partition coefficient (Wildman–Crippen LogP) is 8.05. The summed E-state index contributed by atoms with van der Waals surface area (Å²) >= 11 is 6.29. The van der Waals surface area contributed by atoms with Gasteiger partial charge >= 0.3 is 0 Å². The van der Waals surface area contributed by atoms with Crippen LogP contribution in [0.15, 0.2) is 30.5 Å². The standard InChI is InChI=1S/C45H64ClN3O10/c1-26-7-11-34-28(3)38(52-40-44(34)32(26)13-16-42(5,54-40)56-58-44)50-23-21-49(20-19-48-36-15-18-47-37-25-30(46)9-10-31(36)37)22-24-51-39-29(4)35-12-8-27(2)33-14-17-43(6)55-41(53-39)45(33,35)59-57-43/h9-10,15,18,25-29,32-35,38-41H,7-8,11-14,16-17,19-24H2,1-6H3,(H,47,48)/t26-,27-,28-,29-,32?,33?,34?,35?,38+,39+,40-,41-,42+,43+,44-,45+/m1/s1. The van der Waals surface area contributed by atoms with Crippen LogP contribution in [-0.2, 0) is 48.0 Å². The van der Waals surface area contributed by atoms with E-state index in [1.165, 1.54) is 0 Å². The molecular weight excluding hydrogens is 778 g/mol. The van der Waals surface area contributed by atoms with Crippen LogP contribution in [0.25, 0.3) is 10.9 Å². The van der Waals surface area contributed by atoms with Crippen molar-refractivity contribution in [3.05, 3.63) is 35.5 Å². The maximum absolute atomic E-state index is 6.75. The molecule has 8 aliphatic heterocycles. The highest BCUT2D eigenvalue weighted by Crippen LogP contribution is 2.62. The molecule has 12 rings (SSSR count). The second kappa shape index (κ2) is 15.8. The molecule has 13 nitrogen and oxygen atoms in total. The number of nitrogens with one attached hydrogen (secondary N) is 1. The quantitative estimate of drug-likeness (QED) is 0.208. The van der Waals surface area contributed by atoms with E-state index in [2.05, 4.69) is 42.9 Å². The summed E-state index contributed by atoms with van der Waals surface area (Å²) in [4.78, 5) is 31.7. The van der Waals surface area contributed by atoms with E-state index in [-0.39, 0.29) is 23.7 Å². The molecule has 4 bridgehead atoms. The van der Waals surface area contributed by atoms with Gasteiger partial charge in [0.2, 0.25) is 11.6 Å². The van der Waals surface area contributed by atoms with Crippen LogP contribution >= 0.6 is 11.6 Å². The molecule has 2 saturated carbocycles.